The van der Waals surface area contributed by atoms with E-state index < -0.39 is 0 Å². The zero-order valence-electron chi connectivity index (χ0n) is 13.5. The minimum atomic E-state index is -0.195. The van der Waals surface area contributed by atoms with Crippen molar-refractivity contribution in [1.82, 2.24) is 15.4 Å². The highest BCUT2D eigenvalue weighted by Gasteiger charge is 2.31. The summed E-state index contributed by atoms with van der Waals surface area (Å²) in [6.45, 7) is 3.03. The van der Waals surface area contributed by atoms with E-state index in [1.807, 2.05) is 11.8 Å². The fraction of sp³-hybridized carbons (Fsp3) is 0.688. The lowest BCUT2D eigenvalue weighted by atomic mass is 9.97. The van der Waals surface area contributed by atoms with E-state index in [9.17, 15) is 9.59 Å². The second-order valence-electron chi connectivity index (χ2n) is 6.56. The zero-order chi connectivity index (χ0) is 16.4. The predicted molar refractivity (Wildman–Crippen MR) is 83.8 cm³/mol. The monoisotopic (exact) mass is 320 g/mol. The van der Waals surface area contributed by atoms with Crippen LogP contribution in [0.25, 0.3) is 0 Å². The van der Waals surface area contributed by atoms with Crippen LogP contribution in [-0.2, 0) is 4.79 Å². The van der Waals surface area contributed by atoms with Gasteiger partial charge in [-0.15, -0.1) is 0 Å². The molecule has 0 radical (unpaired) electrons. The highest BCUT2D eigenvalue weighted by molar-refractivity contribution is 5.92. The average molecular weight is 320 g/mol. The molecule has 0 spiro atoms. The minimum absolute atomic E-state index is 0.0560. The van der Waals surface area contributed by atoms with Crippen LogP contribution in [0.2, 0.25) is 0 Å². The minimum Gasteiger partial charge on any atom is -0.360 e. The molecule has 1 aliphatic heterocycles. The smallest absolute Gasteiger partial charge is 0.273 e. The van der Waals surface area contributed by atoms with Gasteiger partial charge in [-0.3, -0.25) is 9.59 Å². The van der Waals surface area contributed by atoms with Gasteiger partial charge < -0.3 is 20.5 Å². The van der Waals surface area contributed by atoms with Crippen LogP contribution >= 0.6 is 0 Å². The van der Waals surface area contributed by atoms with Crippen molar-refractivity contribution in [2.75, 3.05) is 13.1 Å². The zero-order valence-corrected chi connectivity index (χ0v) is 13.5. The molecule has 23 heavy (non-hydrogen) atoms. The van der Waals surface area contributed by atoms with Gasteiger partial charge in [-0.25, -0.2) is 0 Å². The van der Waals surface area contributed by atoms with Gasteiger partial charge in [-0.2, -0.15) is 0 Å². The molecule has 2 aliphatic rings. The van der Waals surface area contributed by atoms with Crippen molar-refractivity contribution in [3.8, 4) is 0 Å². The summed E-state index contributed by atoms with van der Waals surface area (Å²) in [6, 6.07) is 1.91. The van der Waals surface area contributed by atoms with Crippen molar-refractivity contribution >= 4 is 11.8 Å². The Kier molecular flexibility index (Phi) is 4.66. The van der Waals surface area contributed by atoms with Crippen molar-refractivity contribution in [1.29, 1.82) is 0 Å². The summed E-state index contributed by atoms with van der Waals surface area (Å²) in [6.07, 6.45) is 4.10. The third-order valence-electron chi connectivity index (χ3n) is 4.63. The molecule has 2 fully saturated rings. The lowest BCUT2D eigenvalue weighted by Gasteiger charge is -2.38. The maximum absolute atomic E-state index is 12.3. The second-order valence-corrected chi connectivity index (χ2v) is 6.56. The number of hydrogen-bond acceptors (Lipinski definition) is 5. The molecule has 2 heterocycles. The Morgan fingerprint density at radius 1 is 1.43 bits per heavy atom. The number of amides is 2. The highest BCUT2D eigenvalue weighted by atomic mass is 16.5. The Bertz CT molecular complexity index is 582. The molecule has 1 saturated heterocycles. The largest absolute Gasteiger partial charge is 0.360 e. The van der Waals surface area contributed by atoms with E-state index in [4.69, 9.17) is 10.3 Å². The molecule has 0 unspecified atom stereocenters. The van der Waals surface area contributed by atoms with E-state index in [2.05, 4.69) is 10.5 Å². The number of carbonyl (C=O) groups excluding carboxylic acids is 2. The van der Waals surface area contributed by atoms with Gasteiger partial charge in [0.2, 0.25) is 5.91 Å². The van der Waals surface area contributed by atoms with Crippen molar-refractivity contribution in [2.45, 2.75) is 57.0 Å². The van der Waals surface area contributed by atoms with E-state index in [-0.39, 0.29) is 23.9 Å². The van der Waals surface area contributed by atoms with Crippen molar-refractivity contribution in [3.63, 3.8) is 0 Å². The summed E-state index contributed by atoms with van der Waals surface area (Å²) >= 11 is 0. The van der Waals surface area contributed by atoms with Gasteiger partial charge in [0.1, 0.15) is 5.76 Å². The second kappa shape index (κ2) is 6.70. The van der Waals surface area contributed by atoms with Crippen LogP contribution in [0.3, 0.4) is 0 Å². The van der Waals surface area contributed by atoms with E-state index >= 15 is 0 Å². The maximum Gasteiger partial charge on any atom is 0.273 e. The predicted octanol–water partition coefficient (Wildman–Crippen LogP) is 1.01. The number of rotatable bonds is 5. The van der Waals surface area contributed by atoms with Crippen molar-refractivity contribution in [3.05, 3.63) is 17.5 Å². The molecule has 3 N–H and O–H groups in total. The summed E-state index contributed by atoms with van der Waals surface area (Å²) < 4.78 is 5.22. The number of nitrogens with one attached hydrogen (secondary N) is 1. The van der Waals surface area contributed by atoms with Crippen LogP contribution in [0, 0.1) is 0 Å². The van der Waals surface area contributed by atoms with E-state index in [1.54, 1.807) is 6.07 Å². The molecule has 3 rings (SSSR count). The van der Waals surface area contributed by atoms with Gasteiger partial charge in [0.25, 0.3) is 5.91 Å². The number of nitrogens with two attached hydrogens (primary N) is 1. The summed E-state index contributed by atoms with van der Waals surface area (Å²) in [5.74, 6) is 1.15. The van der Waals surface area contributed by atoms with Crippen LogP contribution < -0.4 is 11.1 Å². The van der Waals surface area contributed by atoms with Crippen molar-refractivity contribution < 1.29 is 14.1 Å². The van der Waals surface area contributed by atoms with Gasteiger partial charge in [-0.05, 0) is 32.6 Å². The number of nitrogens with zero attached hydrogens (tertiary/aromatic N) is 2. The SMILES string of the molecule is C[C@H]1C[C@@H](NC(=O)c2cc(C3CC3)on2)CCN1C(=O)CCN. The standard InChI is InChI=1S/C16H24N4O3/c1-10-8-12(5-7-20(10)15(21)4-6-17)18-16(22)13-9-14(23-19-13)11-2-3-11/h9-12H,2-8,17H2,1H3,(H,18,22)/t10-,12-/m0/s1. The molecular formula is C16H24N4O3. The Morgan fingerprint density at radius 2 is 2.22 bits per heavy atom. The average Bonchev–Trinajstić information content (AvgIpc) is 3.24. The normalized spacial score (nSPS) is 24.5. The molecule has 2 amide bonds. The molecule has 126 valence electrons. The Balaban J connectivity index is 1.52. The molecule has 1 aromatic rings. The fourth-order valence-corrected chi connectivity index (χ4v) is 3.16. The first-order valence-corrected chi connectivity index (χ1v) is 8.35. The van der Waals surface area contributed by atoms with Gasteiger partial charge in [0.05, 0.1) is 0 Å². The Hall–Kier alpha value is -1.89. The summed E-state index contributed by atoms with van der Waals surface area (Å²) in [5.41, 5.74) is 5.79. The topological polar surface area (TPSA) is 101 Å². The molecule has 7 heteroatoms. The number of piperidine rings is 1. The molecular weight excluding hydrogens is 296 g/mol. The fourth-order valence-electron chi connectivity index (χ4n) is 3.16. The molecule has 0 aromatic carbocycles. The van der Waals surface area contributed by atoms with Crippen LogP contribution in [0.5, 0.6) is 0 Å². The van der Waals surface area contributed by atoms with Gasteiger partial charge >= 0.3 is 0 Å². The third-order valence-corrected chi connectivity index (χ3v) is 4.63. The first-order valence-electron chi connectivity index (χ1n) is 8.35. The van der Waals surface area contributed by atoms with Crippen LogP contribution in [-0.4, -0.2) is 47.0 Å². The summed E-state index contributed by atoms with van der Waals surface area (Å²) in [7, 11) is 0. The number of likely N-dealkylation sites (tertiary alicyclic amines) is 1. The molecule has 1 aromatic heterocycles. The highest BCUT2D eigenvalue weighted by Crippen LogP contribution is 2.40. The van der Waals surface area contributed by atoms with Crippen molar-refractivity contribution in [2.24, 2.45) is 5.73 Å². The van der Waals surface area contributed by atoms with E-state index in [0.29, 0.717) is 31.1 Å². The van der Waals surface area contributed by atoms with Crippen LogP contribution in [0.1, 0.15) is 61.2 Å². The molecule has 1 aliphatic carbocycles. The van der Waals surface area contributed by atoms with E-state index in [1.165, 1.54) is 0 Å². The van der Waals surface area contributed by atoms with Crippen LogP contribution in [0.15, 0.2) is 10.6 Å². The summed E-state index contributed by atoms with van der Waals surface area (Å²) in [4.78, 5) is 26.1. The van der Waals surface area contributed by atoms with Gasteiger partial charge in [0.15, 0.2) is 5.69 Å². The van der Waals surface area contributed by atoms with Crippen LogP contribution in [0.4, 0.5) is 0 Å². The maximum atomic E-state index is 12.3. The molecule has 1 saturated carbocycles. The molecule has 2 atom stereocenters. The van der Waals surface area contributed by atoms with Gasteiger partial charge in [0, 0.05) is 43.6 Å². The third kappa shape index (κ3) is 3.72. The quantitative estimate of drug-likeness (QED) is 0.843. The molecule has 7 nitrogen and oxygen atoms in total. The number of aromatic nitrogens is 1. The Labute approximate surface area is 135 Å². The number of carbonyl (C=O) groups is 2. The Morgan fingerprint density at radius 3 is 2.87 bits per heavy atom. The lowest BCUT2D eigenvalue weighted by molar-refractivity contribution is -0.134. The van der Waals surface area contributed by atoms with E-state index in [0.717, 1.165) is 31.4 Å². The lowest BCUT2D eigenvalue weighted by Crippen LogP contribution is -2.51. The first kappa shape index (κ1) is 16.0. The van der Waals surface area contributed by atoms with Gasteiger partial charge in [-0.1, -0.05) is 5.16 Å². The molecule has 0 bridgehead atoms. The first-order chi connectivity index (χ1) is 11.1. The number of hydrogen-bond donors (Lipinski definition) is 2. The summed E-state index contributed by atoms with van der Waals surface area (Å²) in [5, 5.41) is 6.87.